The number of halogens is 2. The maximum absolute atomic E-state index is 10.0. The molecule has 0 radical (unpaired) electrons. The third-order valence-corrected chi connectivity index (χ3v) is 3.87. The zero-order chi connectivity index (χ0) is 14.5. The maximum atomic E-state index is 10.0. The van der Waals surface area contributed by atoms with E-state index in [0.29, 0.717) is 17.5 Å². The lowest BCUT2D eigenvalue weighted by Gasteiger charge is -2.35. The Labute approximate surface area is 144 Å². The van der Waals surface area contributed by atoms with Gasteiger partial charge in [0.1, 0.15) is 0 Å². The number of benzene rings is 1. The standard InChI is InChI=1S/C15H24N2O3.2ClH/c1-4-12(17-7-5-16-6-8-17)11-9-13(19-2)15(18)14(10-11)20-3;;/h9-10,12,16,18H,4-8H2,1-3H3;2*1H/t12-;;/m0../s1. The van der Waals surface area contributed by atoms with Crippen LogP contribution in [-0.2, 0) is 0 Å². The maximum Gasteiger partial charge on any atom is 0.200 e. The van der Waals surface area contributed by atoms with Gasteiger partial charge < -0.3 is 19.9 Å². The summed E-state index contributed by atoms with van der Waals surface area (Å²) in [5, 5.41) is 13.4. The molecule has 0 saturated carbocycles. The van der Waals surface area contributed by atoms with Gasteiger partial charge in [0.2, 0.25) is 5.75 Å². The molecule has 1 aromatic carbocycles. The molecule has 7 heteroatoms. The van der Waals surface area contributed by atoms with E-state index < -0.39 is 0 Å². The molecule has 0 bridgehead atoms. The van der Waals surface area contributed by atoms with Crippen molar-refractivity contribution in [3.05, 3.63) is 17.7 Å². The van der Waals surface area contributed by atoms with E-state index in [9.17, 15) is 5.11 Å². The van der Waals surface area contributed by atoms with E-state index in [2.05, 4.69) is 17.1 Å². The van der Waals surface area contributed by atoms with Crippen molar-refractivity contribution in [2.24, 2.45) is 0 Å². The van der Waals surface area contributed by atoms with Crippen LogP contribution in [0.15, 0.2) is 12.1 Å². The Balaban J connectivity index is 0.00000220. The number of phenolic OH excluding ortho intramolecular Hbond substituents is 1. The van der Waals surface area contributed by atoms with Crippen molar-refractivity contribution in [2.45, 2.75) is 19.4 Å². The van der Waals surface area contributed by atoms with Crippen LogP contribution >= 0.6 is 24.8 Å². The molecule has 0 spiro atoms. The van der Waals surface area contributed by atoms with Crippen LogP contribution in [0.5, 0.6) is 17.2 Å². The fraction of sp³-hybridized carbons (Fsp3) is 0.600. The van der Waals surface area contributed by atoms with Crippen LogP contribution in [0.1, 0.15) is 24.9 Å². The highest BCUT2D eigenvalue weighted by atomic mass is 35.5. The molecule has 0 unspecified atom stereocenters. The Bertz CT molecular complexity index is 429. The summed E-state index contributed by atoms with van der Waals surface area (Å²) in [7, 11) is 3.12. The van der Waals surface area contributed by atoms with Crippen LogP contribution in [0, 0.1) is 0 Å². The van der Waals surface area contributed by atoms with Crippen molar-refractivity contribution in [1.29, 1.82) is 0 Å². The highest BCUT2D eigenvalue weighted by Crippen LogP contribution is 2.40. The van der Waals surface area contributed by atoms with Gasteiger partial charge in [-0.3, -0.25) is 4.90 Å². The molecule has 1 atom stereocenters. The predicted octanol–water partition coefficient (Wildman–Crippen LogP) is 2.61. The van der Waals surface area contributed by atoms with Crippen LogP contribution in [-0.4, -0.2) is 50.4 Å². The summed E-state index contributed by atoms with van der Waals surface area (Å²) in [6.45, 7) is 6.28. The number of hydrogen-bond acceptors (Lipinski definition) is 5. The summed E-state index contributed by atoms with van der Waals surface area (Å²) in [6, 6.07) is 4.14. The molecule has 22 heavy (non-hydrogen) atoms. The van der Waals surface area contributed by atoms with Gasteiger partial charge in [-0.25, -0.2) is 0 Å². The van der Waals surface area contributed by atoms with E-state index in [1.807, 2.05) is 12.1 Å². The minimum absolute atomic E-state index is 0. The number of ether oxygens (including phenoxy) is 2. The molecule has 2 N–H and O–H groups in total. The molecule has 1 fully saturated rings. The number of hydrogen-bond donors (Lipinski definition) is 2. The van der Waals surface area contributed by atoms with Gasteiger partial charge in [-0.1, -0.05) is 6.92 Å². The second kappa shape index (κ2) is 10.0. The lowest BCUT2D eigenvalue weighted by atomic mass is 10.0. The summed E-state index contributed by atoms with van der Waals surface area (Å²) >= 11 is 0. The van der Waals surface area contributed by atoms with E-state index >= 15 is 0 Å². The number of nitrogens with zero attached hydrogens (tertiary/aromatic N) is 1. The Kier molecular flexibility index (Phi) is 9.60. The van der Waals surface area contributed by atoms with E-state index in [1.165, 1.54) is 0 Å². The second-order valence-electron chi connectivity index (χ2n) is 4.98. The van der Waals surface area contributed by atoms with Crippen LogP contribution in [0.2, 0.25) is 0 Å². The number of nitrogens with one attached hydrogen (secondary N) is 1. The number of phenols is 1. The predicted molar refractivity (Wildman–Crippen MR) is 93.2 cm³/mol. The summed E-state index contributed by atoms with van der Waals surface area (Å²) in [5.41, 5.74) is 1.13. The molecule has 1 aromatic rings. The zero-order valence-electron chi connectivity index (χ0n) is 13.3. The first-order valence-corrected chi connectivity index (χ1v) is 7.10. The molecule has 0 aliphatic carbocycles. The van der Waals surface area contributed by atoms with Crippen LogP contribution in [0.25, 0.3) is 0 Å². The number of rotatable bonds is 5. The van der Waals surface area contributed by atoms with Crippen molar-refractivity contribution in [2.75, 3.05) is 40.4 Å². The fourth-order valence-electron chi connectivity index (χ4n) is 2.80. The third kappa shape index (κ3) is 4.56. The van der Waals surface area contributed by atoms with Crippen molar-refractivity contribution < 1.29 is 14.6 Å². The minimum Gasteiger partial charge on any atom is -0.502 e. The summed E-state index contributed by atoms with van der Waals surface area (Å²) in [5.74, 6) is 0.995. The topological polar surface area (TPSA) is 54.0 Å². The highest BCUT2D eigenvalue weighted by Gasteiger charge is 2.23. The molecule has 0 aromatic heterocycles. The van der Waals surface area contributed by atoms with Crippen molar-refractivity contribution in [3.63, 3.8) is 0 Å². The minimum atomic E-state index is 0. The van der Waals surface area contributed by atoms with Gasteiger partial charge >= 0.3 is 0 Å². The average Bonchev–Trinajstić information content (AvgIpc) is 2.50. The van der Waals surface area contributed by atoms with E-state index in [1.54, 1.807) is 14.2 Å². The molecule has 1 saturated heterocycles. The molecule has 1 aliphatic rings. The van der Waals surface area contributed by atoms with Gasteiger partial charge in [-0.2, -0.15) is 0 Å². The van der Waals surface area contributed by atoms with E-state index in [-0.39, 0.29) is 30.6 Å². The lowest BCUT2D eigenvalue weighted by molar-refractivity contribution is 0.168. The number of piperazine rings is 1. The monoisotopic (exact) mass is 352 g/mol. The molecule has 1 aliphatic heterocycles. The molecule has 5 nitrogen and oxygen atoms in total. The van der Waals surface area contributed by atoms with Gasteiger partial charge in [0.25, 0.3) is 0 Å². The van der Waals surface area contributed by atoms with E-state index in [0.717, 1.165) is 38.2 Å². The summed E-state index contributed by atoms with van der Waals surface area (Å²) < 4.78 is 10.5. The Morgan fingerprint density at radius 3 is 2.05 bits per heavy atom. The van der Waals surface area contributed by atoms with Crippen LogP contribution in [0.3, 0.4) is 0 Å². The molecule has 0 amide bonds. The largest absolute Gasteiger partial charge is 0.502 e. The van der Waals surface area contributed by atoms with Crippen LogP contribution in [0.4, 0.5) is 0 Å². The zero-order valence-corrected chi connectivity index (χ0v) is 14.9. The molecular formula is C15H26Cl2N2O3. The first kappa shape index (κ1) is 21.1. The first-order valence-electron chi connectivity index (χ1n) is 7.10. The quantitative estimate of drug-likeness (QED) is 0.852. The molecule has 2 rings (SSSR count). The molecular weight excluding hydrogens is 327 g/mol. The number of methoxy groups -OCH3 is 2. The summed E-state index contributed by atoms with van der Waals surface area (Å²) in [6.07, 6.45) is 1.01. The first-order chi connectivity index (χ1) is 9.71. The SMILES string of the molecule is CC[C@@H](c1cc(OC)c(O)c(OC)c1)N1CCNCC1.Cl.Cl. The van der Waals surface area contributed by atoms with Crippen molar-refractivity contribution >= 4 is 24.8 Å². The van der Waals surface area contributed by atoms with Crippen molar-refractivity contribution in [1.82, 2.24) is 10.2 Å². The van der Waals surface area contributed by atoms with Crippen molar-refractivity contribution in [3.8, 4) is 17.2 Å². The highest BCUT2D eigenvalue weighted by molar-refractivity contribution is 5.85. The summed E-state index contributed by atoms with van der Waals surface area (Å²) in [4.78, 5) is 2.46. The van der Waals surface area contributed by atoms with Gasteiger partial charge in [0, 0.05) is 32.2 Å². The molecule has 1 heterocycles. The Morgan fingerprint density at radius 2 is 1.64 bits per heavy atom. The number of aromatic hydroxyl groups is 1. The normalized spacial score (nSPS) is 16.1. The Hall–Kier alpha value is -0.880. The van der Waals surface area contributed by atoms with E-state index in [4.69, 9.17) is 9.47 Å². The Morgan fingerprint density at radius 1 is 1.14 bits per heavy atom. The van der Waals surface area contributed by atoms with Crippen LogP contribution < -0.4 is 14.8 Å². The van der Waals surface area contributed by atoms with Gasteiger partial charge in [0.15, 0.2) is 11.5 Å². The van der Waals surface area contributed by atoms with Gasteiger partial charge in [-0.05, 0) is 24.1 Å². The fourth-order valence-corrected chi connectivity index (χ4v) is 2.80. The second-order valence-corrected chi connectivity index (χ2v) is 4.98. The van der Waals surface area contributed by atoms with Gasteiger partial charge in [-0.15, -0.1) is 24.8 Å². The lowest BCUT2D eigenvalue weighted by Crippen LogP contribution is -2.45. The average molecular weight is 353 g/mol. The molecule has 128 valence electrons. The third-order valence-electron chi connectivity index (χ3n) is 3.87. The smallest absolute Gasteiger partial charge is 0.200 e. The van der Waals surface area contributed by atoms with Gasteiger partial charge in [0.05, 0.1) is 14.2 Å².